The van der Waals surface area contributed by atoms with Crippen LogP contribution in [0.3, 0.4) is 0 Å². The lowest BCUT2D eigenvalue weighted by molar-refractivity contribution is -0.0945. The van der Waals surface area contributed by atoms with Gasteiger partial charge in [-0.1, -0.05) is 19.1 Å². The number of anilines is 1. The first-order chi connectivity index (χ1) is 12.1. The molecule has 0 amide bonds. The summed E-state index contributed by atoms with van der Waals surface area (Å²) < 4.78 is 10.8. The maximum atomic E-state index is 5.50. The number of hydrogen-bond donors (Lipinski definition) is 2. The molecule has 7 heteroatoms. The van der Waals surface area contributed by atoms with E-state index in [4.69, 9.17) is 14.5 Å². The van der Waals surface area contributed by atoms with Crippen LogP contribution in [0.15, 0.2) is 29.3 Å². The van der Waals surface area contributed by atoms with Crippen LogP contribution in [0.4, 0.5) is 5.69 Å². The summed E-state index contributed by atoms with van der Waals surface area (Å²) in [4.78, 5) is 7.15. The zero-order chi connectivity index (χ0) is 17.7. The van der Waals surface area contributed by atoms with Gasteiger partial charge in [-0.05, 0) is 25.5 Å². The molecule has 1 aromatic rings. The molecule has 0 aromatic heterocycles. The molecule has 2 aliphatic rings. The molecule has 26 heavy (non-hydrogen) atoms. The lowest BCUT2D eigenvalue weighted by Crippen LogP contribution is -2.47. The van der Waals surface area contributed by atoms with E-state index in [1.807, 2.05) is 12.1 Å². The summed E-state index contributed by atoms with van der Waals surface area (Å²) in [6, 6.07) is 8.59. The van der Waals surface area contributed by atoms with E-state index < -0.39 is 0 Å². The van der Waals surface area contributed by atoms with Crippen LogP contribution in [-0.2, 0) is 4.74 Å². The fourth-order valence-electron chi connectivity index (χ4n) is 3.31. The van der Waals surface area contributed by atoms with Crippen LogP contribution in [0.25, 0.3) is 0 Å². The molecular weight excluding hydrogens is 443 g/mol. The molecule has 2 fully saturated rings. The summed E-state index contributed by atoms with van der Waals surface area (Å²) in [5.41, 5.74) is 1.36. The Balaban J connectivity index is 0.00000243. The van der Waals surface area contributed by atoms with Crippen LogP contribution in [0.2, 0.25) is 0 Å². The second kappa shape index (κ2) is 9.64. The van der Waals surface area contributed by atoms with E-state index in [0.29, 0.717) is 6.04 Å². The first kappa shape index (κ1) is 21.1. The summed E-state index contributed by atoms with van der Waals surface area (Å²) in [6.45, 7) is 9.56. The van der Waals surface area contributed by atoms with E-state index in [2.05, 4.69) is 41.5 Å². The number of rotatable bonds is 6. The summed E-state index contributed by atoms with van der Waals surface area (Å²) in [6.07, 6.45) is 1.09. The van der Waals surface area contributed by atoms with Gasteiger partial charge in [0.2, 0.25) is 0 Å². The maximum absolute atomic E-state index is 5.50. The third-order valence-electron chi connectivity index (χ3n) is 4.82. The number of para-hydroxylation sites is 2. The van der Waals surface area contributed by atoms with Crippen molar-refractivity contribution >= 4 is 35.6 Å². The van der Waals surface area contributed by atoms with Crippen molar-refractivity contribution in [2.75, 3.05) is 51.4 Å². The smallest absolute Gasteiger partial charge is 0.191 e. The number of guanidine groups is 1. The molecule has 2 N–H and O–H groups in total. The summed E-state index contributed by atoms with van der Waals surface area (Å²) in [5, 5.41) is 6.95. The van der Waals surface area contributed by atoms with Gasteiger partial charge in [0.05, 0.1) is 32.6 Å². The summed E-state index contributed by atoms with van der Waals surface area (Å²) in [5.74, 6) is 1.84. The largest absolute Gasteiger partial charge is 0.495 e. The van der Waals surface area contributed by atoms with E-state index in [0.717, 1.165) is 63.2 Å². The summed E-state index contributed by atoms with van der Waals surface area (Å²) >= 11 is 0. The Morgan fingerprint density at radius 3 is 2.81 bits per heavy atom. The van der Waals surface area contributed by atoms with Crippen LogP contribution < -0.4 is 20.3 Å². The van der Waals surface area contributed by atoms with Gasteiger partial charge in [0.15, 0.2) is 5.96 Å². The molecule has 2 saturated heterocycles. The minimum absolute atomic E-state index is 0. The number of aliphatic imine (C=N–C) groups is 1. The van der Waals surface area contributed by atoms with E-state index >= 15 is 0 Å². The van der Waals surface area contributed by atoms with Gasteiger partial charge < -0.3 is 25.0 Å². The first-order valence-electron chi connectivity index (χ1n) is 9.14. The number of methoxy groups -OCH3 is 1. The van der Waals surface area contributed by atoms with E-state index in [1.165, 1.54) is 0 Å². The molecule has 0 saturated carbocycles. The highest BCUT2D eigenvalue weighted by atomic mass is 127. The lowest BCUT2D eigenvalue weighted by Gasteiger charge is -2.36. The Morgan fingerprint density at radius 1 is 1.38 bits per heavy atom. The van der Waals surface area contributed by atoms with Crippen molar-refractivity contribution < 1.29 is 9.47 Å². The van der Waals surface area contributed by atoms with Crippen molar-refractivity contribution in [1.29, 1.82) is 0 Å². The van der Waals surface area contributed by atoms with Crippen LogP contribution >= 0.6 is 24.0 Å². The van der Waals surface area contributed by atoms with Crippen molar-refractivity contribution in [1.82, 2.24) is 10.6 Å². The van der Waals surface area contributed by atoms with Crippen molar-refractivity contribution in [3.05, 3.63) is 24.3 Å². The monoisotopic (exact) mass is 474 g/mol. The van der Waals surface area contributed by atoms with Crippen molar-refractivity contribution in [2.24, 2.45) is 10.4 Å². The number of halogens is 1. The topological polar surface area (TPSA) is 58.1 Å². The number of hydrogen-bond acceptors (Lipinski definition) is 4. The fourth-order valence-corrected chi connectivity index (χ4v) is 3.31. The quantitative estimate of drug-likeness (QED) is 0.377. The van der Waals surface area contributed by atoms with Gasteiger partial charge in [-0.15, -0.1) is 24.0 Å². The second-order valence-electron chi connectivity index (χ2n) is 7.25. The van der Waals surface area contributed by atoms with Crippen molar-refractivity contribution in [3.63, 3.8) is 0 Å². The average Bonchev–Trinajstić information content (AvgIpc) is 3.06. The van der Waals surface area contributed by atoms with Gasteiger partial charge in [-0.3, -0.25) is 4.99 Å². The fraction of sp³-hybridized carbons (Fsp3) is 0.632. The van der Waals surface area contributed by atoms with Gasteiger partial charge in [0, 0.05) is 31.1 Å². The van der Waals surface area contributed by atoms with E-state index in [-0.39, 0.29) is 29.4 Å². The lowest BCUT2D eigenvalue weighted by atomic mass is 9.89. The van der Waals surface area contributed by atoms with Crippen LogP contribution in [0.1, 0.15) is 20.3 Å². The number of nitrogens with one attached hydrogen (secondary N) is 2. The molecule has 0 spiro atoms. The number of nitrogens with zero attached hydrogens (tertiary/aromatic N) is 2. The predicted molar refractivity (Wildman–Crippen MR) is 117 cm³/mol. The van der Waals surface area contributed by atoms with Gasteiger partial charge >= 0.3 is 0 Å². The molecule has 1 aromatic carbocycles. The molecule has 3 rings (SSSR count). The maximum Gasteiger partial charge on any atom is 0.191 e. The number of benzene rings is 1. The Bertz CT molecular complexity index is 607. The molecule has 1 atom stereocenters. The Morgan fingerprint density at radius 2 is 2.15 bits per heavy atom. The Labute approximate surface area is 173 Å². The molecule has 2 aliphatic heterocycles. The first-order valence-corrected chi connectivity index (χ1v) is 9.14. The third-order valence-corrected chi connectivity index (χ3v) is 4.82. The van der Waals surface area contributed by atoms with Crippen molar-refractivity contribution in [2.45, 2.75) is 26.3 Å². The molecule has 146 valence electrons. The number of ether oxygens (including phenoxy) is 2. The molecule has 0 bridgehead atoms. The van der Waals surface area contributed by atoms with Gasteiger partial charge in [0.1, 0.15) is 5.75 Å². The highest BCUT2D eigenvalue weighted by molar-refractivity contribution is 14.0. The molecule has 0 radical (unpaired) electrons. The standard InChI is InChI=1S/C19H30N4O2.HI/c1-4-20-18(21-12-19(2)13-25-14-19)22-15-9-10-23(11-15)16-7-5-6-8-17(16)24-3;/h5-8,15H,4,9-14H2,1-3H3,(H2,20,21,22);1H. The van der Waals surface area contributed by atoms with Gasteiger partial charge in [-0.25, -0.2) is 0 Å². The highest BCUT2D eigenvalue weighted by Crippen LogP contribution is 2.30. The van der Waals surface area contributed by atoms with Crippen LogP contribution in [0, 0.1) is 5.41 Å². The zero-order valence-corrected chi connectivity index (χ0v) is 18.3. The van der Waals surface area contributed by atoms with Crippen molar-refractivity contribution in [3.8, 4) is 5.75 Å². The SMILES string of the molecule is CCNC(=NCC1(C)COC1)NC1CCN(c2ccccc2OC)C1.I. The minimum atomic E-state index is 0. The predicted octanol–water partition coefficient (Wildman–Crippen LogP) is 2.48. The highest BCUT2D eigenvalue weighted by Gasteiger charge is 2.33. The van der Waals surface area contributed by atoms with Crippen LogP contribution in [0.5, 0.6) is 5.75 Å². The summed E-state index contributed by atoms with van der Waals surface area (Å²) in [7, 11) is 1.73. The molecule has 1 unspecified atom stereocenters. The minimum Gasteiger partial charge on any atom is -0.495 e. The van der Waals surface area contributed by atoms with Gasteiger partial charge in [0.25, 0.3) is 0 Å². The molecule has 6 nitrogen and oxygen atoms in total. The second-order valence-corrected chi connectivity index (χ2v) is 7.25. The molecular formula is C19H31IN4O2. The third kappa shape index (κ3) is 5.16. The molecule has 0 aliphatic carbocycles. The Kier molecular flexibility index (Phi) is 7.82. The van der Waals surface area contributed by atoms with Gasteiger partial charge in [-0.2, -0.15) is 0 Å². The van der Waals surface area contributed by atoms with Crippen LogP contribution in [-0.4, -0.2) is 58.5 Å². The van der Waals surface area contributed by atoms with E-state index in [9.17, 15) is 0 Å². The molecule has 2 heterocycles. The average molecular weight is 474 g/mol. The normalized spacial score (nSPS) is 21.6. The van der Waals surface area contributed by atoms with E-state index in [1.54, 1.807) is 7.11 Å². The zero-order valence-electron chi connectivity index (χ0n) is 16.0. The Hall–Kier alpha value is -1.22.